The minimum absolute atomic E-state index is 0.0178. The lowest BCUT2D eigenvalue weighted by Crippen LogP contribution is -2.26. The number of carbonyl (C=O) groups excluding carboxylic acids is 2. The van der Waals surface area contributed by atoms with Gasteiger partial charge in [0, 0.05) is 49.0 Å². The largest absolute Gasteiger partial charge is 0.310 e. The number of para-hydroxylation sites is 1. The molecular formula is C52H38Cl4N2O2S. The van der Waals surface area contributed by atoms with Gasteiger partial charge in [0.25, 0.3) is 0 Å². The van der Waals surface area contributed by atoms with Gasteiger partial charge < -0.3 is 4.90 Å². The Morgan fingerprint density at radius 1 is 0.541 bits per heavy atom. The van der Waals surface area contributed by atoms with Crippen molar-refractivity contribution in [3.8, 4) is 21.6 Å². The van der Waals surface area contributed by atoms with Crippen LogP contribution in [0.3, 0.4) is 0 Å². The summed E-state index contributed by atoms with van der Waals surface area (Å²) in [5.74, 6) is -1.06. The van der Waals surface area contributed by atoms with Crippen molar-refractivity contribution in [2.24, 2.45) is 0 Å². The van der Waals surface area contributed by atoms with E-state index in [0.29, 0.717) is 0 Å². The fraction of sp³-hybridized carbons (Fsp3) is 0.173. The Bertz CT molecular complexity index is 2970. The van der Waals surface area contributed by atoms with Crippen LogP contribution >= 0.6 is 57.7 Å². The van der Waals surface area contributed by atoms with Gasteiger partial charge >= 0.3 is 0 Å². The molecule has 9 heteroatoms. The molecule has 0 aliphatic heterocycles. The van der Waals surface area contributed by atoms with E-state index >= 15 is 0 Å². The highest BCUT2D eigenvalue weighted by atomic mass is 35.5. The summed E-state index contributed by atoms with van der Waals surface area (Å²) >= 11 is 27.3. The van der Waals surface area contributed by atoms with Crippen molar-refractivity contribution >= 4 is 92.4 Å². The van der Waals surface area contributed by atoms with Crippen molar-refractivity contribution in [3.05, 3.63) is 191 Å². The van der Waals surface area contributed by atoms with Crippen LogP contribution in [0.5, 0.6) is 0 Å². The molecule has 0 radical (unpaired) electrons. The Morgan fingerprint density at radius 2 is 1.07 bits per heavy atom. The monoisotopic (exact) mass is 894 g/mol. The molecule has 0 N–H and O–H groups in total. The van der Waals surface area contributed by atoms with Crippen molar-refractivity contribution in [1.82, 2.24) is 4.98 Å². The summed E-state index contributed by atoms with van der Waals surface area (Å²) < 4.78 is 0. The minimum Gasteiger partial charge on any atom is -0.310 e. The van der Waals surface area contributed by atoms with Crippen LogP contribution in [0.1, 0.15) is 101 Å². The van der Waals surface area contributed by atoms with Gasteiger partial charge in [-0.25, -0.2) is 0 Å². The molecule has 61 heavy (non-hydrogen) atoms. The van der Waals surface area contributed by atoms with E-state index in [9.17, 15) is 9.59 Å². The van der Waals surface area contributed by atoms with Crippen molar-refractivity contribution < 1.29 is 9.59 Å². The van der Waals surface area contributed by atoms with Crippen LogP contribution in [0, 0.1) is 0 Å². The van der Waals surface area contributed by atoms with Gasteiger partial charge in [-0.2, -0.15) is 0 Å². The second kappa shape index (κ2) is 14.0. The van der Waals surface area contributed by atoms with E-state index < -0.39 is 17.0 Å². The number of halogens is 4. The van der Waals surface area contributed by atoms with Gasteiger partial charge in [0.15, 0.2) is 11.6 Å². The van der Waals surface area contributed by atoms with E-state index in [-0.39, 0.29) is 47.6 Å². The molecular weight excluding hydrogens is 858 g/mol. The summed E-state index contributed by atoms with van der Waals surface area (Å²) in [6.45, 7) is 13.3. The summed E-state index contributed by atoms with van der Waals surface area (Å²) in [5, 5.41) is -0.268. The summed E-state index contributed by atoms with van der Waals surface area (Å²) in [5.41, 5.74) is 12.0. The summed E-state index contributed by atoms with van der Waals surface area (Å²) in [6, 6.07) is 41.2. The van der Waals surface area contributed by atoms with E-state index in [1.54, 1.807) is 17.4 Å². The van der Waals surface area contributed by atoms with Gasteiger partial charge in [0.05, 0.1) is 42.2 Å². The number of allylic oxidation sites excluding steroid dienone is 1. The maximum atomic E-state index is 13.9. The van der Waals surface area contributed by atoms with Crippen LogP contribution in [-0.2, 0) is 16.2 Å². The lowest BCUT2D eigenvalue weighted by atomic mass is 9.71. The van der Waals surface area contributed by atoms with Crippen molar-refractivity contribution in [2.75, 3.05) is 4.90 Å². The van der Waals surface area contributed by atoms with Crippen molar-refractivity contribution in [3.63, 3.8) is 0 Å². The van der Waals surface area contributed by atoms with Gasteiger partial charge in [-0.05, 0) is 87.5 Å². The normalized spacial score (nSPS) is 14.6. The highest BCUT2D eigenvalue weighted by Crippen LogP contribution is 2.65. The first-order valence-electron chi connectivity index (χ1n) is 20.1. The Labute approximate surface area is 379 Å². The molecule has 3 aliphatic carbocycles. The lowest BCUT2D eigenvalue weighted by molar-refractivity contribution is 0.0990. The lowest BCUT2D eigenvalue weighted by Gasteiger charge is -2.33. The number of thiophene rings is 1. The Hall–Kier alpha value is -5.01. The number of hydrogen-bond acceptors (Lipinski definition) is 5. The van der Waals surface area contributed by atoms with Gasteiger partial charge in [0.2, 0.25) is 0 Å². The number of aromatic nitrogens is 1. The molecule has 10 rings (SSSR count). The Balaban J connectivity index is 1.22. The zero-order valence-corrected chi connectivity index (χ0v) is 38.0. The predicted molar refractivity (Wildman–Crippen MR) is 254 cm³/mol. The summed E-state index contributed by atoms with van der Waals surface area (Å²) in [4.78, 5) is 37.3. The van der Waals surface area contributed by atoms with Gasteiger partial charge in [-0.15, -0.1) is 11.3 Å². The minimum atomic E-state index is -0.699. The maximum absolute atomic E-state index is 13.9. The Morgan fingerprint density at radius 3 is 1.61 bits per heavy atom. The van der Waals surface area contributed by atoms with Crippen LogP contribution in [-0.4, -0.2) is 16.6 Å². The highest BCUT2D eigenvalue weighted by molar-refractivity contribution is 7.16. The second-order valence-corrected chi connectivity index (χ2v) is 20.5. The first-order valence-corrected chi connectivity index (χ1v) is 22.4. The number of fused-ring (bicyclic) bond motifs is 11. The molecule has 0 bridgehead atoms. The molecule has 0 saturated heterocycles. The maximum Gasteiger partial charge on any atom is 0.199 e. The number of benzene rings is 5. The quantitative estimate of drug-likeness (QED) is 0.0764. The topological polar surface area (TPSA) is 50.3 Å². The predicted octanol–water partition coefficient (Wildman–Crippen LogP) is 15.6. The third kappa shape index (κ3) is 5.88. The number of pyridine rings is 1. The third-order valence-corrected chi connectivity index (χ3v) is 15.1. The van der Waals surface area contributed by atoms with E-state index in [4.69, 9.17) is 51.4 Å². The van der Waals surface area contributed by atoms with Crippen molar-refractivity contribution in [2.45, 2.75) is 57.8 Å². The van der Waals surface area contributed by atoms with E-state index in [0.717, 1.165) is 54.9 Å². The fourth-order valence-electron chi connectivity index (χ4n) is 9.24. The average Bonchev–Trinajstić information content (AvgIpc) is 3.94. The van der Waals surface area contributed by atoms with Crippen LogP contribution in [0.4, 0.5) is 17.1 Å². The molecule has 1 spiro atoms. The number of hydrogen-bond donors (Lipinski definition) is 0. The molecule has 5 aromatic carbocycles. The number of carbonyl (C=O) groups is 2. The zero-order chi connectivity index (χ0) is 42.9. The second-order valence-electron chi connectivity index (χ2n) is 18.0. The first-order chi connectivity index (χ1) is 29.0. The zero-order valence-electron chi connectivity index (χ0n) is 34.2. The van der Waals surface area contributed by atoms with E-state index in [1.807, 2.05) is 6.07 Å². The molecule has 0 fully saturated rings. The molecule has 2 aromatic heterocycles. The van der Waals surface area contributed by atoms with Crippen LogP contribution in [0.2, 0.25) is 20.1 Å². The van der Waals surface area contributed by atoms with Crippen molar-refractivity contribution in [1.29, 1.82) is 0 Å². The number of Topliss-reactive ketones (excluding diaryl/α,β-unsaturated/α-hetero) is 2. The fourth-order valence-corrected chi connectivity index (χ4v) is 11.5. The summed E-state index contributed by atoms with van der Waals surface area (Å²) in [7, 11) is 0. The van der Waals surface area contributed by atoms with Crippen LogP contribution in [0.15, 0.2) is 121 Å². The SMILES string of the molecule is CC(C)(C)c1cc(N(c2ccccc2)c2ccc3c(c2)C2(c4ccccc4-c4ccccc42)c2cc(C=C4C(=O)c5c(Cl)c(Cl)c(Cl)c(Cl)c5C4=O)sc2-3)cc(C(C)(C)C)n1. The van der Waals surface area contributed by atoms with Gasteiger partial charge in [-0.1, -0.05) is 161 Å². The molecule has 4 nitrogen and oxygen atoms in total. The Kier molecular flexibility index (Phi) is 9.20. The number of anilines is 3. The molecule has 0 saturated carbocycles. The van der Waals surface area contributed by atoms with E-state index in [1.165, 1.54) is 22.3 Å². The average molecular weight is 897 g/mol. The van der Waals surface area contributed by atoms with Gasteiger partial charge in [-0.3, -0.25) is 14.6 Å². The molecule has 302 valence electrons. The van der Waals surface area contributed by atoms with Crippen LogP contribution < -0.4 is 4.90 Å². The standard InChI is InChI=1S/C52H38Cl4N2O2S/c1-50(2,3)39-23-29(24-40(57-39)51(4,5)6)58(27-14-8-7-9-15-27)28-20-21-33-37(22-28)52(35-18-12-10-16-31(35)32-17-11-13-19-36(32)52)38-26-30(61-49(33)38)25-34-47(59)41-42(48(34)60)44(54)46(56)45(55)43(41)53/h7-26H,1-6H3. The van der Waals surface area contributed by atoms with Crippen LogP contribution in [0.25, 0.3) is 27.6 Å². The highest BCUT2D eigenvalue weighted by Gasteiger charge is 2.53. The van der Waals surface area contributed by atoms with Gasteiger partial charge in [0.1, 0.15) is 0 Å². The molecule has 0 amide bonds. The number of ketones is 2. The number of rotatable bonds is 4. The molecule has 2 heterocycles. The molecule has 0 atom stereocenters. The molecule has 7 aromatic rings. The first kappa shape index (κ1) is 40.1. The molecule has 3 aliphatic rings. The third-order valence-electron chi connectivity index (χ3n) is 12.1. The summed E-state index contributed by atoms with van der Waals surface area (Å²) in [6.07, 6.45) is 1.66. The number of nitrogens with zero attached hydrogens (tertiary/aromatic N) is 2. The van der Waals surface area contributed by atoms with E-state index in [2.05, 4.69) is 156 Å². The smallest absolute Gasteiger partial charge is 0.199 e. The molecule has 0 unspecified atom stereocenters.